The predicted octanol–water partition coefficient (Wildman–Crippen LogP) is 2.86. The van der Waals surface area contributed by atoms with Gasteiger partial charge in [-0.1, -0.05) is 32.9 Å². The Bertz CT molecular complexity index is 1360. The van der Waals surface area contributed by atoms with Crippen molar-refractivity contribution < 1.29 is 32.3 Å². The van der Waals surface area contributed by atoms with Crippen LogP contribution in [0.5, 0.6) is 0 Å². The molecule has 9 nitrogen and oxygen atoms in total. The zero-order valence-electron chi connectivity index (χ0n) is 21.3. The van der Waals surface area contributed by atoms with Crippen LogP contribution in [0.25, 0.3) is 0 Å². The number of halogens is 1. The Balaban J connectivity index is 1.62. The van der Waals surface area contributed by atoms with E-state index in [1.807, 2.05) is 25.5 Å². The quantitative estimate of drug-likeness (QED) is 0.443. The number of carbonyl (C=O) groups is 3. The highest BCUT2D eigenvalue weighted by atomic mass is 32.2. The number of nitrogens with zero attached hydrogens (tertiary/aromatic N) is 1. The Morgan fingerprint density at radius 1 is 1.00 bits per heavy atom. The standard InChI is InChI=1S/C27H30FN3O6S/c1-27(2,3)17-31-16-4-5-22(23(31)26(34)35)25(33)30-38(36,37)21-12-6-18(7-13-21)14-15-29-24(32)19-8-10-20(28)11-9-19/h4-13,16,23H,14-15,17H2,1-3H3,(H,29,32)(H,30,33)(H,34,35). The molecule has 38 heavy (non-hydrogen) atoms. The first-order valence-corrected chi connectivity index (χ1v) is 13.3. The molecule has 2 aromatic rings. The van der Waals surface area contributed by atoms with Gasteiger partial charge in [0.25, 0.3) is 21.8 Å². The molecule has 202 valence electrons. The second-order valence-corrected chi connectivity index (χ2v) is 11.7. The average molecular weight is 544 g/mol. The van der Waals surface area contributed by atoms with E-state index in [1.165, 1.54) is 53.5 Å². The van der Waals surface area contributed by atoms with Crippen LogP contribution in [0.2, 0.25) is 0 Å². The summed E-state index contributed by atoms with van der Waals surface area (Å²) in [4.78, 5) is 38.3. The fourth-order valence-corrected chi connectivity index (χ4v) is 4.85. The third kappa shape index (κ3) is 7.51. The summed E-state index contributed by atoms with van der Waals surface area (Å²) < 4.78 is 40.7. The molecule has 1 heterocycles. The zero-order chi connectivity index (χ0) is 28.1. The number of carboxylic acids is 1. The Labute approximate surface area is 221 Å². The van der Waals surface area contributed by atoms with Crippen molar-refractivity contribution in [3.05, 3.63) is 89.4 Å². The molecule has 0 radical (unpaired) electrons. The highest BCUT2D eigenvalue weighted by Gasteiger charge is 2.36. The number of benzene rings is 2. The summed E-state index contributed by atoms with van der Waals surface area (Å²) in [7, 11) is -4.28. The molecular formula is C27H30FN3O6S. The number of hydrogen-bond donors (Lipinski definition) is 3. The van der Waals surface area contributed by atoms with Crippen LogP contribution < -0.4 is 10.0 Å². The lowest BCUT2D eigenvalue weighted by atomic mass is 9.93. The van der Waals surface area contributed by atoms with Crippen molar-refractivity contribution in [1.29, 1.82) is 0 Å². The summed E-state index contributed by atoms with van der Waals surface area (Å²) >= 11 is 0. The SMILES string of the molecule is CC(C)(C)CN1C=CC=C(C(=O)NS(=O)(=O)c2ccc(CCNC(=O)c3ccc(F)cc3)cc2)C1C(=O)O. The molecule has 11 heteroatoms. The van der Waals surface area contributed by atoms with E-state index >= 15 is 0 Å². The molecule has 0 aromatic heterocycles. The van der Waals surface area contributed by atoms with Crippen molar-refractivity contribution in [1.82, 2.24) is 14.9 Å². The Morgan fingerprint density at radius 2 is 1.63 bits per heavy atom. The summed E-state index contributed by atoms with van der Waals surface area (Å²) in [6.07, 6.45) is 4.78. The molecule has 1 aliphatic rings. The van der Waals surface area contributed by atoms with Crippen LogP contribution in [-0.4, -0.2) is 55.3 Å². The maximum atomic E-state index is 13.0. The van der Waals surface area contributed by atoms with E-state index in [9.17, 15) is 32.3 Å². The van der Waals surface area contributed by atoms with Gasteiger partial charge in [-0.05, 0) is 65.9 Å². The molecule has 0 fully saturated rings. The summed E-state index contributed by atoms with van der Waals surface area (Å²) in [6, 6.07) is 9.55. The van der Waals surface area contributed by atoms with Crippen molar-refractivity contribution >= 4 is 27.8 Å². The second-order valence-electron chi connectivity index (χ2n) is 10.0. The molecule has 1 atom stereocenters. The van der Waals surface area contributed by atoms with Crippen molar-refractivity contribution in [2.24, 2.45) is 5.41 Å². The maximum Gasteiger partial charge on any atom is 0.331 e. The summed E-state index contributed by atoms with van der Waals surface area (Å²) in [5, 5.41) is 12.5. The van der Waals surface area contributed by atoms with E-state index < -0.39 is 33.8 Å². The largest absolute Gasteiger partial charge is 0.479 e. The van der Waals surface area contributed by atoms with Crippen molar-refractivity contribution in [2.75, 3.05) is 13.1 Å². The lowest BCUT2D eigenvalue weighted by Crippen LogP contribution is -2.48. The van der Waals surface area contributed by atoms with Gasteiger partial charge in [0.1, 0.15) is 5.82 Å². The van der Waals surface area contributed by atoms with E-state index in [4.69, 9.17) is 0 Å². The van der Waals surface area contributed by atoms with Gasteiger partial charge in [-0.3, -0.25) is 9.59 Å². The summed E-state index contributed by atoms with van der Waals surface area (Å²) in [5.74, 6) is -3.09. The van der Waals surface area contributed by atoms with Gasteiger partial charge >= 0.3 is 5.97 Å². The van der Waals surface area contributed by atoms with Gasteiger partial charge in [0.2, 0.25) is 0 Å². The number of sulfonamides is 1. The Hall–Kier alpha value is -3.99. The lowest BCUT2D eigenvalue weighted by molar-refractivity contribution is -0.142. The first kappa shape index (κ1) is 28.6. The van der Waals surface area contributed by atoms with Crippen LogP contribution >= 0.6 is 0 Å². The van der Waals surface area contributed by atoms with E-state index in [0.717, 1.165) is 5.56 Å². The molecule has 0 spiro atoms. The van der Waals surface area contributed by atoms with Gasteiger partial charge in [0, 0.05) is 24.9 Å². The number of allylic oxidation sites excluding steroid dienone is 2. The second kappa shape index (κ2) is 11.6. The smallest absolute Gasteiger partial charge is 0.331 e. The topological polar surface area (TPSA) is 133 Å². The number of carboxylic acid groups (broad SMARTS) is 1. The van der Waals surface area contributed by atoms with E-state index in [-0.39, 0.29) is 28.3 Å². The van der Waals surface area contributed by atoms with Crippen LogP contribution in [0.15, 0.2) is 77.4 Å². The van der Waals surface area contributed by atoms with Gasteiger partial charge in [0.05, 0.1) is 10.5 Å². The molecule has 3 N–H and O–H groups in total. The molecule has 0 bridgehead atoms. The monoisotopic (exact) mass is 543 g/mol. The fraction of sp³-hybridized carbons (Fsp3) is 0.296. The van der Waals surface area contributed by atoms with Crippen molar-refractivity contribution in [3.63, 3.8) is 0 Å². The van der Waals surface area contributed by atoms with Gasteiger partial charge < -0.3 is 15.3 Å². The normalized spacial score (nSPS) is 15.5. The lowest BCUT2D eigenvalue weighted by Gasteiger charge is -2.35. The molecule has 0 aliphatic carbocycles. The molecule has 1 aliphatic heterocycles. The van der Waals surface area contributed by atoms with Crippen LogP contribution in [0, 0.1) is 11.2 Å². The molecule has 1 unspecified atom stereocenters. The van der Waals surface area contributed by atoms with Crippen LogP contribution in [0.4, 0.5) is 4.39 Å². The molecule has 0 saturated carbocycles. The van der Waals surface area contributed by atoms with E-state index in [2.05, 4.69) is 5.32 Å². The zero-order valence-corrected chi connectivity index (χ0v) is 22.1. The molecule has 2 amide bonds. The van der Waals surface area contributed by atoms with Crippen LogP contribution in [0.1, 0.15) is 36.7 Å². The van der Waals surface area contributed by atoms with E-state index in [0.29, 0.717) is 18.5 Å². The third-order valence-corrected chi connectivity index (χ3v) is 6.95. The minimum absolute atomic E-state index is 0.171. The molecular weight excluding hydrogens is 513 g/mol. The first-order chi connectivity index (χ1) is 17.8. The number of nitrogens with one attached hydrogen (secondary N) is 2. The van der Waals surface area contributed by atoms with Gasteiger partial charge in [-0.2, -0.15) is 0 Å². The maximum absolute atomic E-state index is 13.0. The number of rotatable bonds is 9. The highest BCUT2D eigenvalue weighted by Crippen LogP contribution is 2.24. The third-order valence-electron chi connectivity index (χ3n) is 5.60. The molecule has 3 rings (SSSR count). The molecule has 2 aromatic carbocycles. The highest BCUT2D eigenvalue weighted by molar-refractivity contribution is 7.90. The van der Waals surface area contributed by atoms with Crippen LogP contribution in [-0.2, 0) is 26.0 Å². The minimum atomic E-state index is -4.28. The Kier molecular flexibility index (Phi) is 8.72. The predicted molar refractivity (Wildman–Crippen MR) is 139 cm³/mol. The van der Waals surface area contributed by atoms with Crippen molar-refractivity contribution in [2.45, 2.75) is 38.1 Å². The minimum Gasteiger partial charge on any atom is -0.479 e. The van der Waals surface area contributed by atoms with Gasteiger partial charge in [-0.25, -0.2) is 22.3 Å². The number of amides is 2. The van der Waals surface area contributed by atoms with Gasteiger partial charge in [-0.15, -0.1) is 0 Å². The first-order valence-electron chi connectivity index (χ1n) is 11.8. The number of aliphatic carboxylic acids is 1. The number of carbonyl (C=O) groups excluding carboxylic acids is 2. The van der Waals surface area contributed by atoms with Gasteiger partial charge in [0.15, 0.2) is 6.04 Å². The van der Waals surface area contributed by atoms with Crippen molar-refractivity contribution in [3.8, 4) is 0 Å². The average Bonchev–Trinajstić information content (AvgIpc) is 2.83. The summed E-state index contributed by atoms with van der Waals surface area (Å²) in [5.41, 5.74) is 0.591. The molecule has 0 saturated heterocycles. The Morgan fingerprint density at radius 3 is 2.21 bits per heavy atom. The fourth-order valence-electron chi connectivity index (χ4n) is 3.88. The number of hydrogen-bond acceptors (Lipinski definition) is 6. The van der Waals surface area contributed by atoms with E-state index in [1.54, 1.807) is 18.3 Å². The van der Waals surface area contributed by atoms with Crippen LogP contribution in [0.3, 0.4) is 0 Å². The summed E-state index contributed by atoms with van der Waals surface area (Å²) in [6.45, 7) is 6.37.